The van der Waals surface area contributed by atoms with Gasteiger partial charge in [-0.05, 0) is 48.2 Å². The number of H-pyrrole nitrogens is 1. The van der Waals surface area contributed by atoms with Crippen molar-refractivity contribution >= 4 is 27.8 Å². The Bertz CT molecular complexity index is 1310. The first-order chi connectivity index (χ1) is 14.9. The monoisotopic (exact) mass is 425 g/mol. The van der Waals surface area contributed by atoms with Gasteiger partial charge < -0.3 is 14.4 Å². The minimum absolute atomic E-state index is 0.00722. The van der Waals surface area contributed by atoms with Crippen molar-refractivity contribution in [2.75, 3.05) is 6.61 Å². The van der Waals surface area contributed by atoms with E-state index >= 15 is 4.39 Å². The number of aromatic nitrogens is 3. The Morgan fingerprint density at radius 1 is 1.29 bits per heavy atom. The van der Waals surface area contributed by atoms with Crippen molar-refractivity contribution < 1.29 is 23.4 Å². The van der Waals surface area contributed by atoms with E-state index in [9.17, 15) is 14.3 Å². The third-order valence-electron chi connectivity index (χ3n) is 6.00. The zero-order valence-corrected chi connectivity index (χ0v) is 17.0. The standard InChI is InChI=1S/C23H21F2N3O3/c1-11(2)22-18(13-8-17(23(29)30)31-10-13)19-16(7-12-9-26-27-21(12)20(19)25)28(22)15-5-3-14(24)4-6-15/h3-7,9,11,13,17H,8,10H2,1-2H3,(H,26,27)(H,29,30)/t13-,17+/m0/s1. The van der Waals surface area contributed by atoms with Crippen LogP contribution in [0.25, 0.3) is 27.5 Å². The van der Waals surface area contributed by atoms with Crippen molar-refractivity contribution in [3.8, 4) is 5.69 Å². The molecule has 2 aromatic carbocycles. The molecule has 4 aromatic rings. The van der Waals surface area contributed by atoms with Crippen LogP contribution in [0.3, 0.4) is 0 Å². The highest BCUT2D eigenvalue weighted by molar-refractivity contribution is 6.00. The summed E-state index contributed by atoms with van der Waals surface area (Å²) in [5.41, 5.74) is 3.25. The van der Waals surface area contributed by atoms with Gasteiger partial charge in [-0.2, -0.15) is 5.10 Å². The zero-order valence-electron chi connectivity index (χ0n) is 17.0. The fourth-order valence-electron chi connectivity index (χ4n) is 4.70. The molecule has 0 unspecified atom stereocenters. The molecule has 1 saturated heterocycles. The number of nitrogens with one attached hydrogen (secondary N) is 1. The van der Waals surface area contributed by atoms with Crippen LogP contribution in [0.5, 0.6) is 0 Å². The lowest BCUT2D eigenvalue weighted by atomic mass is 9.89. The van der Waals surface area contributed by atoms with E-state index in [0.29, 0.717) is 27.5 Å². The van der Waals surface area contributed by atoms with Crippen LogP contribution in [0.15, 0.2) is 36.5 Å². The second kappa shape index (κ2) is 7.16. The van der Waals surface area contributed by atoms with Gasteiger partial charge in [-0.15, -0.1) is 0 Å². The van der Waals surface area contributed by atoms with Gasteiger partial charge in [0.15, 0.2) is 11.9 Å². The van der Waals surface area contributed by atoms with E-state index in [4.69, 9.17) is 4.74 Å². The second-order valence-corrected chi connectivity index (χ2v) is 8.28. The van der Waals surface area contributed by atoms with E-state index in [2.05, 4.69) is 10.2 Å². The summed E-state index contributed by atoms with van der Waals surface area (Å²) in [7, 11) is 0. The third kappa shape index (κ3) is 3.01. The Kier molecular flexibility index (Phi) is 4.55. The third-order valence-corrected chi connectivity index (χ3v) is 6.00. The molecule has 0 spiro atoms. The van der Waals surface area contributed by atoms with Crippen LogP contribution in [-0.2, 0) is 9.53 Å². The van der Waals surface area contributed by atoms with Crippen LogP contribution < -0.4 is 0 Å². The van der Waals surface area contributed by atoms with Gasteiger partial charge in [-0.1, -0.05) is 13.8 Å². The topological polar surface area (TPSA) is 80.1 Å². The lowest BCUT2D eigenvalue weighted by Crippen LogP contribution is -2.18. The normalized spacial score (nSPS) is 19.1. The molecule has 1 aliphatic rings. The Morgan fingerprint density at radius 3 is 2.68 bits per heavy atom. The molecule has 2 aromatic heterocycles. The minimum Gasteiger partial charge on any atom is -0.479 e. The summed E-state index contributed by atoms with van der Waals surface area (Å²) < 4.78 is 36.9. The van der Waals surface area contributed by atoms with Crippen LogP contribution in [0.1, 0.15) is 43.4 Å². The molecule has 0 bridgehead atoms. The van der Waals surface area contributed by atoms with Gasteiger partial charge in [0.1, 0.15) is 11.3 Å². The summed E-state index contributed by atoms with van der Waals surface area (Å²) in [6, 6.07) is 7.92. The first kappa shape index (κ1) is 19.7. The predicted octanol–water partition coefficient (Wildman–Crippen LogP) is 4.87. The highest BCUT2D eigenvalue weighted by Gasteiger charge is 2.37. The summed E-state index contributed by atoms with van der Waals surface area (Å²) in [4.78, 5) is 11.5. The Balaban J connectivity index is 1.87. The van der Waals surface area contributed by atoms with Crippen molar-refractivity contribution in [2.24, 2.45) is 0 Å². The molecule has 2 atom stereocenters. The van der Waals surface area contributed by atoms with E-state index in [-0.39, 0.29) is 30.7 Å². The molecule has 1 fully saturated rings. The molecule has 2 N–H and O–H groups in total. The number of hydrogen-bond donors (Lipinski definition) is 2. The molecule has 160 valence electrons. The Morgan fingerprint density at radius 2 is 2.03 bits per heavy atom. The number of fused-ring (bicyclic) bond motifs is 2. The number of carbonyl (C=O) groups is 1. The van der Waals surface area contributed by atoms with Crippen molar-refractivity contribution in [3.63, 3.8) is 0 Å². The van der Waals surface area contributed by atoms with E-state index in [0.717, 1.165) is 11.3 Å². The predicted molar refractivity (Wildman–Crippen MR) is 112 cm³/mol. The molecule has 5 rings (SSSR count). The number of aromatic amines is 1. The van der Waals surface area contributed by atoms with Gasteiger partial charge in [-0.25, -0.2) is 13.6 Å². The SMILES string of the molecule is CC(C)c1c([C@@H]2CO[C@@H](C(=O)O)C2)c2c(F)c3[nH]ncc3cc2n1-c1ccc(F)cc1. The molecule has 0 radical (unpaired) electrons. The number of halogens is 2. The number of hydrogen-bond acceptors (Lipinski definition) is 3. The second-order valence-electron chi connectivity index (χ2n) is 8.28. The summed E-state index contributed by atoms with van der Waals surface area (Å²) in [6.07, 6.45) is 0.902. The van der Waals surface area contributed by atoms with Gasteiger partial charge in [-0.3, -0.25) is 5.10 Å². The molecule has 6 nitrogen and oxygen atoms in total. The molecule has 0 aliphatic carbocycles. The quantitative estimate of drug-likeness (QED) is 0.489. The average molecular weight is 425 g/mol. The van der Waals surface area contributed by atoms with Crippen LogP contribution in [0.4, 0.5) is 8.78 Å². The van der Waals surface area contributed by atoms with Gasteiger partial charge in [0.2, 0.25) is 0 Å². The fraction of sp³-hybridized carbons (Fsp3) is 0.304. The molecular formula is C23H21F2N3O3. The summed E-state index contributed by atoms with van der Waals surface area (Å²) in [5, 5.41) is 17.1. The molecule has 0 amide bonds. The van der Waals surface area contributed by atoms with Crippen molar-refractivity contribution in [1.82, 2.24) is 14.8 Å². The molecule has 8 heteroatoms. The van der Waals surface area contributed by atoms with Gasteiger partial charge in [0.25, 0.3) is 0 Å². The van der Waals surface area contributed by atoms with Gasteiger partial charge in [0.05, 0.1) is 18.3 Å². The van der Waals surface area contributed by atoms with Crippen LogP contribution in [-0.4, -0.2) is 38.6 Å². The number of carboxylic acid groups (broad SMARTS) is 1. The number of aliphatic carboxylic acids is 1. The largest absolute Gasteiger partial charge is 0.479 e. The summed E-state index contributed by atoms with van der Waals surface area (Å²) >= 11 is 0. The molecule has 3 heterocycles. The lowest BCUT2D eigenvalue weighted by Gasteiger charge is -2.18. The number of ether oxygens (including phenoxy) is 1. The highest BCUT2D eigenvalue weighted by atomic mass is 19.1. The van der Waals surface area contributed by atoms with E-state index < -0.39 is 17.9 Å². The molecule has 0 saturated carbocycles. The zero-order chi connectivity index (χ0) is 21.9. The fourth-order valence-corrected chi connectivity index (χ4v) is 4.70. The average Bonchev–Trinajstić information content (AvgIpc) is 3.45. The van der Waals surface area contributed by atoms with Crippen molar-refractivity contribution in [2.45, 2.75) is 38.2 Å². The van der Waals surface area contributed by atoms with E-state index in [1.165, 1.54) is 12.1 Å². The summed E-state index contributed by atoms with van der Waals surface area (Å²) in [6.45, 7) is 4.21. The first-order valence-corrected chi connectivity index (χ1v) is 10.2. The van der Waals surface area contributed by atoms with E-state index in [1.54, 1.807) is 18.3 Å². The van der Waals surface area contributed by atoms with Crippen molar-refractivity contribution in [1.29, 1.82) is 0 Å². The molecule has 31 heavy (non-hydrogen) atoms. The molecular weight excluding hydrogens is 404 g/mol. The van der Waals surface area contributed by atoms with Crippen LogP contribution in [0, 0.1) is 11.6 Å². The van der Waals surface area contributed by atoms with E-state index in [1.807, 2.05) is 24.5 Å². The minimum atomic E-state index is -1.02. The Hall–Kier alpha value is -3.26. The van der Waals surface area contributed by atoms with Gasteiger partial charge >= 0.3 is 5.97 Å². The van der Waals surface area contributed by atoms with Gasteiger partial charge in [0, 0.05) is 28.1 Å². The smallest absolute Gasteiger partial charge is 0.332 e. The number of nitrogens with zero attached hydrogens (tertiary/aromatic N) is 2. The maximum absolute atomic E-state index is 15.8. The summed E-state index contributed by atoms with van der Waals surface area (Å²) in [5.74, 6) is -2.10. The maximum Gasteiger partial charge on any atom is 0.332 e. The maximum atomic E-state index is 15.8. The first-order valence-electron chi connectivity index (χ1n) is 10.2. The number of carboxylic acids is 1. The van der Waals surface area contributed by atoms with Crippen LogP contribution >= 0.6 is 0 Å². The lowest BCUT2D eigenvalue weighted by molar-refractivity contribution is -0.147. The number of rotatable bonds is 4. The number of benzene rings is 2. The highest BCUT2D eigenvalue weighted by Crippen LogP contribution is 2.44. The Labute approximate surface area is 176 Å². The van der Waals surface area contributed by atoms with Crippen molar-refractivity contribution in [3.05, 3.63) is 59.4 Å². The van der Waals surface area contributed by atoms with Crippen LogP contribution in [0.2, 0.25) is 0 Å². The molecule has 1 aliphatic heterocycles.